The first-order valence-electron chi connectivity index (χ1n) is 10.9. The fourth-order valence-electron chi connectivity index (χ4n) is 4.18. The number of carbonyl (C=O) groups is 1. The van der Waals surface area contributed by atoms with Gasteiger partial charge in [0.25, 0.3) is 12.3 Å². The van der Waals surface area contributed by atoms with E-state index < -0.39 is 12.3 Å². The summed E-state index contributed by atoms with van der Waals surface area (Å²) in [5.41, 5.74) is 12.6. The fraction of sp³-hybridized carbons (Fsp3) is 0.0741. The minimum Gasteiger partial charge on any atom is -0.366 e. The van der Waals surface area contributed by atoms with Crippen LogP contribution in [0.5, 0.6) is 0 Å². The molecule has 6 nitrogen and oxygen atoms in total. The Kier molecular flexibility index (Phi) is 5.70. The largest absolute Gasteiger partial charge is 0.366 e. The lowest BCUT2D eigenvalue weighted by Crippen LogP contribution is -2.11. The number of rotatable bonds is 6. The monoisotopic (exact) mass is 469 g/mol. The van der Waals surface area contributed by atoms with Crippen molar-refractivity contribution >= 4 is 28.2 Å². The predicted molar refractivity (Wildman–Crippen MR) is 133 cm³/mol. The van der Waals surface area contributed by atoms with Gasteiger partial charge in [0.1, 0.15) is 6.33 Å². The van der Waals surface area contributed by atoms with Gasteiger partial charge in [0.2, 0.25) is 0 Å². The molecule has 0 saturated carbocycles. The molecular weight excluding hydrogens is 448 g/mol. The Morgan fingerprint density at radius 3 is 2.43 bits per heavy atom. The predicted octanol–water partition coefficient (Wildman–Crippen LogP) is 6.38. The standard InChI is InChI=1S/C27H21F2N5O/c1-15-19(3-2-4-23(15)33-18-7-5-16(6-8-18)26(28)29)20-9-10-21(27(30)35)25-22(20)11-24(34-25)17-12-31-14-32-13-17/h2-14,26,33-34H,1H3,(H2,30,35). The number of nitrogens with one attached hydrogen (secondary N) is 2. The Balaban J connectivity index is 1.60. The zero-order valence-electron chi connectivity index (χ0n) is 18.7. The number of benzene rings is 3. The average Bonchev–Trinajstić information content (AvgIpc) is 3.31. The summed E-state index contributed by atoms with van der Waals surface area (Å²) in [5, 5.41) is 4.15. The van der Waals surface area contributed by atoms with E-state index in [4.69, 9.17) is 5.73 Å². The molecule has 1 amide bonds. The van der Waals surface area contributed by atoms with E-state index in [1.165, 1.54) is 18.5 Å². The van der Waals surface area contributed by atoms with Crippen LogP contribution in [0.15, 0.2) is 79.4 Å². The van der Waals surface area contributed by atoms with Gasteiger partial charge in [-0.15, -0.1) is 0 Å². The van der Waals surface area contributed by atoms with E-state index in [2.05, 4.69) is 20.3 Å². The Hall–Kier alpha value is -4.59. The molecule has 2 heterocycles. The average molecular weight is 469 g/mol. The van der Waals surface area contributed by atoms with Crippen molar-refractivity contribution in [3.05, 3.63) is 96.1 Å². The van der Waals surface area contributed by atoms with Crippen LogP contribution in [0.25, 0.3) is 33.3 Å². The van der Waals surface area contributed by atoms with E-state index >= 15 is 0 Å². The van der Waals surface area contributed by atoms with Crippen LogP contribution < -0.4 is 11.1 Å². The number of carbonyl (C=O) groups excluding carboxylic acids is 1. The number of amides is 1. The number of nitrogens with two attached hydrogens (primary N) is 1. The van der Waals surface area contributed by atoms with Crippen molar-refractivity contribution in [1.29, 1.82) is 0 Å². The van der Waals surface area contributed by atoms with Crippen molar-refractivity contribution in [3.63, 3.8) is 0 Å². The molecule has 0 aliphatic carbocycles. The molecule has 2 aromatic heterocycles. The van der Waals surface area contributed by atoms with Gasteiger partial charge >= 0.3 is 0 Å². The Morgan fingerprint density at radius 2 is 1.74 bits per heavy atom. The third-order valence-electron chi connectivity index (χ3n) is 6.00. The highest BCUT2D eigenvalue weighted by atomic mass is 19.3. The zero-order valence-corrected chi connectivity index (χ0v) is 18.7. The number of H-pyrrole nitrogens is 1. The smallest absolute Gasteiger partial charge is 0.263 e. The van der Waals surface area contributed by atoms with E-state index in [1.807, 2.05) is 37.3 Å². The van der Waals surface area contributed by atoms with Gasteiger partial charge in [-0.25, -0.2) is 18.7 Å². The first kappa shape index (κ1) is 22.2. The van der Waals surface area contributed by atoms with Crippen molar-refractivity contribution < 1.29 is 13.6 Å². The maximum absolute atomic E-state index is 12.9. The summed E-state index contributed by atoms with van der Waals surface area (Å²) in [6, 6.07) is 17.5. The SMILES string of the molecule is Cc1c(Nc2ccc(C(F)F)cc2)cccc1-c1ccc(C(N)=O)c2[nH]c(-c3cncnc3)cc12. The van der Waals surface area contributed by atoms with E-state index in [9.17, 15) is 13.6 Å². The summed E-state index contributed by atoms with van der Waals surface area (Å²) in [6.45, 7) is 1.98. The first-order valence-corrected chi connectivity index (χ1v) is 10.9. The van der Waals surface area contributed by atoms with Crippen molar-refractivity contribution in [2.45, 2.75) is 13.3 Å². The third-order valence-corrected chi connectivity index (χ3v) is 6.00. The number of hydrogen-bond acceptors (Lipinski definition) is 4. The molecule has 0 bridgehead atoms. The summed E-state index contributed by atoms with van der Waals surface area (Å²) in [6.07, 6.45) is 2.33. The first-order chi connectivity index (χ1) is 16.9. The van der Waals surface area contributed by atoms with Crippen molar-refractivity contribution in [3.8, 4) is 22.4 Å². The second-order valence-electron chi connectivity index (χ2n) is 8.15. The fourth-order valence-corrected chi connectivity index (χ4v) is 4.18. The highest BCUT2D eigenvalue weighted by molar-refractivity contribution is 6.10. The molecule has 0 aliphatic heterocycles. The van der Waals surface area contributed by atoms with Crippen LogP contribution in [0.3, 0.4) is 0 Å². The molecule has 0 fully saturated rings. The number of anilines is 2. The number of halogens is 2. The molecule has 5 aromatic rings. The van der Waals surface area contributed by atoms with Crippen molar-refractivity contribution in [2.24, 2.45) is 5.73 Å². The topological polar surface area (TPSA) is 96.7 Å². The molecule has 5 rings (SSSR count). The number of alkyl halides is 2. The molecule has 174 valence electrons. The quantitative estimate of drug-likeness (QED) is 0.269. The van der Waals surface area contributed by atoms with Crippen LogP contribution in [-0.4, -0.2) is 20.9 Å². The Bertz CT molecular complexity index is 1530. The lowest BCUT2D eigenvalue weighted by atomic mass is 9.94. The molecule has 0 spiro atoms. The lowest BCUT2D eigenvalue weighted by molar-refractivity contribution is 0.100. The molecule has 8 heteroatoms. The minimum atomic E-state index is -2.51. The molecule has 0 radical (unpaired) electrons. The van der Waals surface area contributed by atoms with Crippen LogP contribution >= 0.6 is 0 Å². The molecular formula is C27H21F2N5O. The molecule has 35 heavy (non-hydrogen) atoms. The number of aromatic nitrogens is 3. The van der Waals surface area contributed by atoms with Crippen LogP contribution in [0, 0.1) is 6.92 Å². The zero-order chi connectivity index (χ0) is 24.5. The molecule has 0 aliphatic rings. The highest BCUT2D eigenvalue weighted by Crippen LogP contribution is 2.37. The van der Waals surface area contributed by atoms with Gasteiger partial charge < -0.3 is 16.0 Å². The Morgan fingerprint density at radius 1 is 1.00 bits per heavy atom. The van der Waals surface area contributed by atoms with Crippen LogP contribution in [0.4, 0.5) is 20.2 Å². The number of hydrogen-bond donors (Lipinski definition) is 3. The highest BCUT2D eigenvalue weighted by Gasteiger charge is 2.17. The summed E-state index contributed by atoms with van der Waals surface area (Å²) < 4.78 is 25.8. The van der Waals surface area contributed by atoms with Crippen LogP contribution in [0.2, 0.25) is 0 Å². The summed E-state index contributed by atoms with van der Waals surface area (Å²) in [7, 11) is 0. The maximum atomic E-state index is 12.9. The normalized spacial score (nSPS) is 11.2. The molecule has 3 aromatic carbocycles. The minimum absolute atomic E-state index is 0.0231. The number of fused-ring (bicyclic) bond motifs is 1. The molecule has 0 atom stereocenters. The van der Waals surface area contributed by atoms with E-state index in [0.717, 1.165) is 39.0 Å². The summed E-state index contributed by atoms with van der Waals surface area (Å²) in [5.74, 6) is -0.529. The Labute approximate surface area is 199 Å². The van der Waals surface area contributed by atoms with Gasteiger partial charge in [-0.3, -0.25) is 4.79 Å². The number of aromatic amines is 1. The lowest BCUT2D eigenvalue weighted by Gasteiger charge is -2.15. The summed E-state index contributed by atoms with van der Waals surface area (Å²) >= 11 is 0. The van der Waals surface area contributed by atoms with Crippen molar-refractivity contribution in [2.75, 3.05) is 5.32 Å². The van der Waals surface area contributed by atoms with Crippen molar-refractivity contribution in [1.82, 2.24) is 15.0 Å². The van der Waals surface area contributed by atoms with Crippen LogP contribution in [0.1, 0.15) is 27.9 Å². The van der Waals surface area contributed by atoms with Gasteiger partial charge in [-0.1, -0.05) is 30.3 Å². The second-order valence-corrected chi connectivity index (χ2v) is 8.15. The third kappa shape index (κ3) is 4.21. The maximum Gasteiger partial charge on any atom is 0.263 e. The number of primary amides is 1. The molecule has 0 unspecified atom stereocenters. The van der Waals surface area contributed by atoms with E-state index in [0.29, 0.717) is 16.8 Å². The second kappa shape index (κ2) is 8.98. The van der Waals surface area contributed by atoms with Gasteiger partial charge in [0.05, 0.1) is 11.1 Å². The number of nitrogens with zero attached hydrogens (tertiary/aromatic N) is 2. The van der Waals surface area contributed by atoms with E-state index in [1.54, 1.807) is 30.6 Å². The van der Waals surface area contributed by atoms with Crippen LogP contribution in [-0.2, 0) is 0 Å². The summed E-state index contributed by atoms with van der Waals surface area (Å²) in [4.78, 5) is 23.6. The molecule has 0 saturated heterocycles. The van der Waals surface area contributed by atoms with Gasteiger partial charge in [0.15, 0.2) is 0 Å². The molecule has 4 N–H and O–H groups in total. The van der Waals surface area contributed by atoms with Gasteiger partial charge in [-0.2, -0.15) is 0 Å². The van der Waals surface area contributed by atoms with E-state index in [-0.39, 0.29) is 5.56 Å². The van der Waals surface area contributed by atoms with Gasteiger partial charge in [0, 0.05) is 46.0 Å². The van der Waals surface area contributed by atoms with Gasteiger partial charge in [-0.05, 0) is 53.9 Å².